The van der Waals surface area contributed by atoms with E-state index in [0.29, 0.717) is 12.3 Å². The Hall–Kier alpha value is -2.53. The minimum absolute atomic E-state index is 0.111. The highest BCUT2D eigenvalue weighted by Gasteiger charge is 2.23. The minimum atomic E-state index is -1.13. The fourth-order valence-electron chi connectivity index (χ4n) is 2.13. The Kier molecular flexibility index (Phi) is 5.60. The van der Waals surface area contributed by atoms with Crippen molar-refractivity contribution < 1.29 is 14.6 Å². The van der Waals surface area contributed by atoms with Gasteiger partial charge in [0.1, 0.15) is 11.4 Å². The summed E-state index contributed by atoms with van der Waals surface area (Å²) in [4.78, 5) is 11.9. The third-order valence-corrected chi connectivity index (χ3v) is 3.41. The number of ether oxygens (including phenoxy) is 1. The van der Waals surface area contributed by atoms with Gasteiger partial charge in [0.2, 0.25) is 0 Å². The van der Waals surface area contributed by atoms with E-state index in [0.717, 1.165) is 11.3 Å². The Balaban J connectivity index is 1.87. The molecule has 122 valence electrons. The molecule has 0 radical (unpaired) electrons. The van der Waals surface area contributed by atoms with Gasteiger partial charge in [-0.1, -0.05) is 30.3 Å². The highest BCUT2D eigenvalue weighted by molar-refractivity contribution is 5.89. The molecule has 0 aliphatic carbocycles. The summed E-state index contributed by atoms with van der Waals surface area (Å²) in [5.74, 6) is 0.755. The minimum Gasteiger partial charge on any atom is -0.494 e. The molecule has 0 heterocycles. The van der Waals surface area contributed by atoms with E-state index in [9.17, 15) is 9.90 Å². The number of urea groups is 1. The third-order valence-electron chi connectivity index (χ3n) is 3.41. The van der Waals surface area contributed by atoms with Crippen molar-refractivity contribution in [1.29, 1.82) is 0 Å². The van der Waals surface area contributed by atoms with Gasteiger partial charge in [0.25, 0.3) is 0 Å². The van der Waals surface area contributed by atoms with Crippen molar-refractivity contribution in [1.82, 2.24) is 5.32 Å². The van der Waals surface area contributed by atoms with Crippen LogP contribution in [0.2, 0.25) is 0 Å². The molecular formula is C18H22N2O3. The van der Waals surface area contributed by atoms with Gasteiger partial charge < -0.3 is 20.5 Å². The van der Waals surface area contributed by atoms with Gasteiger partial charge in [0, 0.05) is 5.69 Å². The molecule has 5 nitrogen and oxygen atoms in total. The summed E-state index contributed by atoms with van der Waals surface area (Å²) in [6.07, 6.45) is 0. The highest BCUT2D eigenvalue weighted by atomic mass is 16.5. The molecule has 0 saturated heterocycles. The largest absolute Gasteiger partial charge is 0.494 e. The number of nitrogens with one attached hydrogen (secondary N) is 2. The van der Waals surface area contributed by atoms with Crippen molar-refractivity contribution in [2.24, 2.45) is 0 Å². The SMILES string of the molecule is CCOc1ccc(NC(=O)NC[C@@](C)(O)c2ccccc2)cc1. The van der Waals surface area contributed by atoms with Crippen LogP contribution < -0.4 is 15.4 Å². The van der Waals surface area contributed by atoms with Crippen molar-refractivity contribution >= 4 is 11.7 Å². The number of carbonyl (C=O) groups is 1. The van der Waals surface area contributed by atoms with Gasteiger partial charge in [-0.05, 0) is 43.7 Å². The van der Waals surface area contributed by atoms with Crippen LogP contribution in [0, 0.1) is 0 Å². The Bertz CT molecular complexity index is 624. The van der Waals surface area contributed by atoms with Crippen LogP contribution in [0.4, 0.5) is 10.5 Å². The zero-order chi connectivity index (χ0) is 16.7. The fourth-order valence-corrected chi connectivity index (χ4v) is 2.13. The summed E-state index contributed by atoms with van der Waals surface area (Å²) in [7, 11) is 0. The quantitative estimate of drug-likeness (QED) is 0.767. The average Bonchev–Trinajstić information content (AvgIpc) is 2.56. The first kappa shape index (κ1) is 16.8. The molecule has 0 spiro atoms. The topological polar surface area (TPSA) is 70.6 Å². The van der Waals surface area contributed by atoms with Crippen LogP contribution in [0.5, 0.6) is 5.75 Å². The molecule has 2 amide bonds. The highest BCUT2D eigenvalue weighted by Crippen LogP contribution is 2.19. The van der Waals surface area contributed by atoms with Crippen molar-refractivity contribution in [2.75, 3.05) is 18.5 Å². The molecule has 23 heavy (non-hydrogen) atoms. The number of aliphatic hydroxyl groups is 1. The third kappa shape index (κ3) is 5.00. The first-order chi connectivity index (χ1) is 11.0. The van der Waals surface area contributed by atoms with Crippen molar-refractivity contribution in [3.8, 4) is 5.75 Å². The molecule has 0 fully saturated rings. The number of benzene rings is 2. The maximum Gasteiger partial charge on any atom is 0.319 e. The maximum atomic E-state index is 11.9. The van der Waals surface area contributed by atoms with Gasteiger partial charge in [0.05, 0.1) is 13.2 Å². The second-order valence-electron chi connectivity index (χ2n) is 5.40. The van der Waals surface area contributed by atoms with Crippen LogP contribution in [0.3, 0.4) is 0 Å². The van der Waals surface area contributed by atoms with Gasteiger partial charge in [0.15, 0.2) is 0 Å². The van der Waals surface area contributed by atoms with E-state index in [1.54, 1.807) is 31.2 Å². The smallest absolute Gasteiger partial charge is 0.319 e. The summed E-state index contributed by atoms with van der Waals surface area (Å²) < 4.78 is 5.35. The number of amides is 2. The van der Waals surface area contributed by atoms with E-state index in [2.05, 4.69) is 10.6 Å². The molecule has 0 aliphatic rings. The molecule has 1 atom stereocenters. The molecule has 0 saturated carbocycles. The summed E-state index contributed by atoms with van der Waals surface area (Å²) >= 11 is 0. The van der Waals surface area contributed by atoms with Crippen LogP contribution in [0.25, 0.3) is 0 Å². The van der Waals surface area contributed by atoms with E-state index < -0.39 is 5.60 Å². The van der Waals surface area contributed by atoms with E-state index >= 15 is 0 Å². The van der Waals surface area contributed by atoms with E-state index in [1.165, 1.54) is 0 Å². The molecule has 0 aliphatic heterocycles. The summed E-state index contributed by atoms with van der Waals surface area (Å²) in [6, 6.07) is 16.0. The Morgan fingerprint density at radius 3 is 2.39 bits per heavy atom. The van der Waals surface area contributed by atoms with Gasteiger partial charge >= 0.3 is 6.03 Å². The maximum absolute atomic E-state index is 11.9. The summed E-state index contributed by atoms with van der Waals surface area (Å²) in [5.41, 5.74) is 0.281. The zero-order valence-corrected chi connectivity index (χ0v) is 13.4. The molecule has 0 aromatic heterocycles. The number of carbonyl (C=O) groups excluding carboxylic acids is 1. The number of anilines is 1. The first-order valence-corrected chi connectivity index (χ1v) is 7.57. The van der Waals surface area contributed by atoms with Crippen molar-refractivity contribution in [3.05, 3.63) is 60.2 Å². The fraction of sp³-hybridized carbons (Fsp3) is 0.278. The second kappa shape index (κ2) is 7.65. The predicted octanol–water partition coefficient (Wildman–Crippen LogP) is 3.11. The lowest BCUT2D eigenvalue weighted by Gasteiger charge is -2.24. The van der Waals surface area contributed by atoms with Gasteiger partial charge in [-0.2, -0.15) is 0 Å². The predicted molar refractivity (Wildman–Crippen MR) is 90.6 cm³/mol. The Morgan fingerprint density at radius 1 is 1.13 bits per heavy atom. The van der Waals surface area contributed by atoms with Gasteiger partial charge in [-0.15, -0.1) is 0 Å². The lowest BCUT2D eigenvalue weighted by Crippen LogP contribution is -2.40. The van der Waals surface area contributed by atoms with Crippen LogP contribution in [-0.4, -0.2) is 24.3 Å². The lowest BCUT2D eigenvalue weighted by atomic mass is 9.96. The standard InChI is InChI=1S/C18H22N2O3/c1-3-23-16-11-9-15(10-12-16)20-17(21)19-13-18(2,22)14-7-5-4-6-8-14/h4-12,22H,3,13H2,1-2H3,(H2,19,20,21)/t18-/m1/s1. The molecule has 0 unspecified atom stereocenters. The monoisotopic (exact) mass is 314 g/mol. The number of rotatable bonds is 6. The Labute approximate surface area is 136 Å². The molecule has 2 aromatic carbocycles. The first-order valence-electron chi connectivity index (χ1n) is 7.57. The molecule has 5 heteroatoms. The molecule has 2 rings (SSSR count). The molecule has 3 N–H and O–H groups in total. The van der Waals surface area contributed by atoms with E-state index in [4.69, 9.17) is 4.74 Å². The van der Waals surface area contributed by atoms with Crippen LogP contribution >= 0.6 is 0 Å². The van der Waals surface area contributed by atoms with Crippen molar-refractivity contribution in [2.45, 2.75) is 19.4 Å². The average molecular weight is 314 g/mol. The number of hydrogen-bond acceptors (Lipinski definition) is 3. The normalized spacial score (nSPS) is 13.0. The summed E-state index contributed by atoms with van der Waals surface area (Å²) in [5, 5.41) is 15.8. The van der Waals surface area contributed by atoms with Crippen molar-refractivity contribution in [3.63, 3.8) is 0 Å². The molecule has 0 bridgehead atoms. The van der Waals surface area contributed by atoms with E-state index in [-0.39, 0.29) is 12.6 Å². The number of hydrogen-bond donors (Lipinski definition) is 3. The molecular weight excluding hydrogens is 292 g/mol. The van der Waals surface area contributed by atoms with Gasteiger partial charge in [-0.3, -0.25) is 0 Å². The Morgan fingerprint density at radius 2 is 1.78 bits per heavy atom. The molecule has 2 aromatic rings. The van der Waals surface area contributed by atoms with Crippen LogP contribution in [0.1, 0.15) is 19.4 Å². The van der Waals surface area contributed by atoms with Crippen LogP contribution in [-0.2, 0) is 5.60 Å². The summed E-state index contributed by atoms with van der Waals surface area (Å²) in [6.45, 7) is 4.29. The van der Waals surface area contributed by atoms with Gasteiger partial charge in [-0.25, -0.2) is 4.79 Å². The zero-order valence-electron chi connectivity index (χ0n) is 13.4. The van der Waals surface area contributed by atoms with Crippen LogP contribution in [0.15, 0.2) is 54.6 Å². The second-order valence-corrected chi connectivity index (χ2v) is 5.40. The van der Waals surface area contributed by atoms with E-state index in [1.807, 2.05) is 37.3 Å². The lowest BCUT2D eigenvalue weighted by molar-refractivity contribution is 0.0599.